The summed E-state index contributed by atoms with van der Waals surface area (Å²) in [6, 6.07) is 0. The topological polar surface area (TPSA) is 95.4 Å². The molecule has 0 saturated carbocycles. The first kappa shape index (κ1) is 16.2. The van der Waals surface area contributed by atoms with Crippen molar-refractivity contribution >= 4 is 17.7 Å². The highest BCUT2D eigenvalue weighted by molar-refractivity contribution is 5.84. The quantitative estimate of drug-likeness (QED) is 0.822. The number of nitrogens with one attached hydrogen (secondary N) is 1. The Morgan fingerprint density at radius 3 is 2.86 bits per heavy atom. The monoisotopic (exact) mass is 306 g/mol. The largest absolute Gasteiger partial charge is 0.476 e. The van der Waals surface area contributed by atoms with E-state index in [0.29, 0.717) is 24.7 Å². The van der Waals surface area contributed by atoms with Gasteiger partial charge in [-0.1, -0.05) is 6.92 Å². The van der Waals surface area contributed by atoms with Crippen molar-refractivity contribution in [3.63, 3.8) is 0 Å². The summed E-state index contributed by atoms with van der Waals surface area (Å²) in [5.74, 6) is 0.101. The van der Waals surface area contributed by atoms with Crippen LogP contribution in [0.3, 0.4) is 0 Å². The van der Waals surface area contributed by atoms with Gasteiger partial charge >= 0.3 is 5.97 Å². The second kappa shape index (κ2) is 7.72. The fourth-order valence-electron chi connectivity index (χ4n) is 2.61. The van der Waals surface area contributed by atoms with E-state index in [9.17, 15) is 9.59 Å². The zero-order valence-electron chi connectivity index (χ0n) is 12.8. The van der Waals surface area contributed by atoms with Gasteiger partial charge in [0.05, 0.1) is 12.4 Å². The maximum Gasteiger partial charge on any atom is 0.356 e. The minimum Gasteiger partial charge on any atom is -0.476 e. The maximum absolute atomic E-state index is 11.5. The van der Waals surface area contributed by atoms with Crippen LogP contribution < -0.4 is 10.2 Å². The number of carboxylic acid groups (broad SMARTS) is 1. The van der Waals surface area contributed by atoms with Crippen LogP contribution in [0.25, 0.3) is 0 Å². The first-order valence-electron chi connectivity index (χ1n) is 7.67. The summed E-state index contributed by atoms with van der Waals surface area (Å²) in [4.78, 5) is 32.5. The van der Waals surface area contributed by atoms with Crippen LogP contribution in [0.2, 0.25) is 0 Å². The standard InChI is InChI=1S/C15H22N4O3/c1-2-4-14(20)18-7-11-5-3-6-19(10-11)13-9-16-12(8-17-13)15(21)22/h8-9,11H,2-7,10H2,1H3,(H,18,20)(H,21,22). The third kappa shape index (κ3) is 4.41. The molecular formula is C15H22N4O3. The van der Waals surface area contributed by atoms with Crippen LogP contribution in [0.15, 0.2) is 12.4 Å². The van der Waals surface area contributed by atoms with Crippen molar-refractivity contribution < 1.29 is 14.7 Å². The van der Waals surface area contributed by atoms with Crippen LogP contribution in [-0.4, -0.2) is 46.6 Å². The average molecular weight is 306 g/mol. The Bertz CT molecular complexity index is 518. The van der Waals surface area contributed by atoms with Gasteiger partial charge in [0.2, 0.25) is 5.91 Å². The third-order valence-corrected chi connectivity index (χ3v) is 3.77. The first-order valence-corrected chi connectivity index (χ1v) is 7.67. The highest BCUT2D eigenvalue weighted by atomic mass is 16.4. The lowest BCUT2D eigenvalue weighted by Gasteiger charge is -2.33. The van der Waals surface area contributed by atoms with Crippen LogP contribution in [0.5, 0.6) is 0 Å². The lowest BCUT2D eigenvalue weighted by atomic mass is 9.98. The van der Waals surface area contributed by atoms with Crippen molar-refractivity contribution in [3.05, 3.63) is 18.1 Å². The predicted molar refractivity (Wildman–Crippen MR) is 81.8 cm³/mol. The molecular weight excluding hydrogens is 284 g/mol. The Balaban J connectivity index is 1.89. The number of hydrogen-bond donors (Lipinski definition) is 2. The lowest BCUT2D eigenvalue weighted by Crippen LogP contribution is -2.41. The molecule has 0 radical (unpaired) electrons. The SMILES string of the molecule is CCCC(=O)NCC1CCCN(c2cnc(C(=O)O)cn2)C1. The Labute approximate surface area is 129 Å². The van der Waals surface area contributed by atoms with Crippen LogP contribution in [0, 0.1) is 5.92 Å². The molecule has 2 rings (SSSR count). The number of carbonyl (C=O) groups is 2. The Morgan fingerprint density at radius 1 is 1.41 bits per heavy atom. The summed E-state index contributed by atoms with van der Waals surface area (Å²) < 4.78 is 0. The van der Waals surface area contributed by atoms with Crippen molar-refractivity contribution in [1.82, 2.24) is 15.3 Å². The number of nitrogens with zero attached hydrogens (tertiary/aromatic N) is 3. The molecule has 1 atom stereocenters. The molecule has 1 aromatic heterocycles. The molecule has 1 saturated heterocycles. The number of aromatic nitrogens is 2. The number of rotatable bonds is 6. The molecule has 1 fully saturated rings. The Kier molecular flexibility index (Phi) is 5.68. The molecule has 1 aliphatic rings. The van der Waals surface area contributed by atoms with E-state index < -0.39 is 5.97 Å². The molecule has 1 amide bonds. The van der Waals surface area contributed by atoms with Crippen LogP contribution >= 0.6 is 0 Å². The molecule has 7 heteroatoms. The van der Waals surface area contributed by atoms with E-state index in [2.05, 4.69) is 20.2 Å². The van der Waals surface area contributed by atoms with Gasteiger partial charge < -0.3 is 15.3 Å². The average Bonchev–Trinajstić information content (AvgIpc) is 2.53. The molecule has 0 aliphatic carbocycles. The maximum atomic E-state index is 11.5. The number of aromatic carboxylic acids is 1. The molecule has 1 aliphatic heterocycles. The van der Waals surface area contributed by atoms with Crippen molar-refractivity contribution in [2.75, 3.05) is 24.5 Å². The zero-order chi connectivity index (χ0) is 15.9. The summed E-state index contributed by atoms with van der Waals surface area (Å²) in [5, 5.41) is 11.8. The van der Waals surface area contributed by atoms with E-state index in [4.69, 9.17) is 5.11 Å². The zero-order valence-corrected chi connectivity index (χ0v) is 12.8. The number of anilines is 1. The van der Waals surface area contributed by atoms with Crippen LogP contribution in [0.1, 0.15) is 43.1 Å². The second-order valence-electron chi connectivity index (χ2n) is 5.57. The number of amides is 1. The van der Waals surface area contributed by atoms with Gasteiger partial charge in [-0.3, -0.25) is 4.79 Å². The molecule has 2 N–H and O–H groups in total. The third-order valence-electron chi connectivity index (χ3n) is 3.77. The number of hydrogen-bond acceptors (Lipinski definition) is 5. The molecule has 1 unspecified atom stereocenters. The second-order valence-corrected chi connectivity index (χ2v) is 5.57. The Hall–Kier alpha value is -2.18. The molecule has 22 heavy (non-hydrogen) atoms. The number of carboxylic acids is 1. The summed E-state index contributed by atoms with van der Waals surface area (Å²) in [6.45, 7) is 4.34. The van der Waals surface area contributed by atoms with E-state index in [-0.39, 0.29) is 11.6 Å². The number of carbonyl (C=O) groups excluding carboxylic acids is 1. The summed E-state index contributed by atoms with van der Waals surface area (Å²) >= 11 is 0. The van der Waals surface area contributed by atoms with Crippen molar-refractivity contribution in [2.45, 2.75) is 32.6 Å². The molecule has 0 spiro atoms. The molecule has 0 aromatic carbocycles. The molecule has 7 nitrogen and oxygen atoms in total. The van der Waals surface area contributed by atoms with Crippen LogP contribution in [-0.2, 0) is 4.79 Å². The smallest absolute Gasteiger partial charge is 0.356 e. The molecule has 0 bridgehead atoms. The van der Waals surface area contributed by atoms with Crippen molar-refractivity contribution in [3.8, 4) is 0 Å². The highest BCUT2D eigenvalue weighted by Crippen LogP contribution is 2.20. The predicted octanol–water partition coefficient (Wildman–Crippen LogP) is 1.31. The van der Waals surface area contributed by atoms with Gasteiger partial charge in [0.15, 0.2) is 5.69 Å². The molecule has 2 heterocycles. The van der Waals surface area contributed by atoms with Gasteiger partial charge in [0, 0.05) is 26.1 Å². The van der Waals surface area contributed by atoms with E-state index in [1.54, 1.807) is 0 Å². The van der Waals surface area contributed by atoms with Gasteiger partial charge in [-0.15, -0.1) is 0 Å². The molecule has 120 valence electrons. The van der Waals surface area contributed by atoms with Gasteiger partial charge in [-0.05, 0) is 25.2 Å². The van der Waals surface area contributed by atoms with Crippen molar-refractivity contribution in [1.29, 1.82) is 0 Å². The lowest BCUT2D eigenvalue weighted by molar-refractivity contribution is -0.121. The summed E-state index contributed by atoms with van der Waals surface area (Å²) in [6.07, 6.45) is 6.30. The molecule has 1 aromatic rings. The summed E-state index contributed by atoms with van der Waals surface area (Å²) in [7, 11) is 0. The van der Waals surface area contributed by atoms with Crippen molar-refractivity contribution in [2.24, 2.45) is 5.92 Å². The minimum absolute atomic E-state index is 0.0517. The van der Waals surface area contributed by atoms with Gasteiger partial charge in [0.25, 0.3) is 0 Å². The first-order chi connectivity index (χ1) is 10.6. The summed E-state index contributed by atoms with van der Waals surface area (Å²) in [5.41, 5.74) is -0.0517. The normalized spacial score (nSPS) is 18.0. The fourth-order valence-corrected chi connectivity index (χ4v) is 2.61. The van der Waals surface area contributed by atoms with E-state index in [0.717, 1.165) is 32.4 Å². The van der Waals surface area contributed by atoms with E-state index >= 15 is 0 Å². The van der Waals surface area contributed by atoms with E-state index in [1.807, 2.05) is 6.92 Å². The van der Waals surface area contributed by atoms with E-state index in [1.165, 1.54) is 12.4 Å². The minimum atomic E-state index is -1.07. The van der Waals surface area contributed by atoms with Crippen LogP contribution in [0.4, 0.5) is 5.82 Å². The van der Waals surface area contributed by atoms with Gasteiger partial charge in [0.1, 0.15) is 5.82 Å². The fraction of sp³-hybridized carbons (Fsp3) is 0.600. The highest BCUT2D eigenvalue weighted by Gasteiger charge is 2.21. The van der Waals surface area contributed by atoms with Gasteiger partial charge in [-0.25, -0.2) is 14.8 Å². The Morgan fingerprint density at radius 2 is 2.23 bits per heavy atom. The van der Waals surface area contributed by atoms with Gasteiger partial charge in [-0.2, -0.15) is 0 Å². The number of piperidine rings is 1.